The van der Waals surface area contributed by atoms with Crippen LogP contribution in [-0.2, 0) is 6.54 Å². The molecule has 3 rings (SSSR count). The molecule has 0 spiro atoms. The van der Waals surface area contributed by atoms with Crippen LogP contribution in [0.5, 0.6) is 5.75 Å². The van der Waals surface area contributed by atoms with Gasteiger partial charge >= 0.3 is 0 Å². The molecule has 6 N–H and O–H groups in total. The Morgan fingerprint density at radius 1 is 1.29 bits per heavy atom. The molecule has 8 nitrogen and oxygen atoms in total. The van der Waals surface area contributed by atoms with Crippen LogP contribution in [0, 0.1) is 25.2 Å². The first-order valence-electron chi connectivity index (χ1n) is 8.57. The van der Waals surface area contributed by atoms with Gasteiger partial charge in [-0.15, -0.1) is 0 Å². The van der Waals surface area contributed by atoms with Gasteiger partial charge in [-0.2, -0.15) is 10.4 Å². The predicted molar refractivity (Wildman–Crippen MR) is 106 cm³/mol. The third-order valence-corrected chi connectivity index (χ3v) is 4.28. The van der Waals surface area contributed by atoms with Gasteiger partial charge in [0.05, 0.1) is 11.6 Å². The highest BCUT2D eigenvalue weighted by Gasteiger charge is 2.19. The highest BCUT2D eigenvalue weighted by Crippen LogP contribution is 2.26. The van der Waals surface area contributed by atoms with E-state index in [0.29, 0.717) is 29.4 Å². The van der Waals surface area contributed by atoms with Crippen LogP contribution >= 0.6 is 0 Å². The van der Waals surface area contributed by atoms with Gasteiger partial charge in [-0.3, -0.25) is 9.89 Å². The van der Waals surface area contributed by atoms with Gasteiger partial charge in [0.1, 0.15) is 17.1 Å². The normalized spacial score (nSPS) is 10.3. The van der Waals surface area contributed by atoms with Gasteiger partial charge in [0.2, 0.25) is 0 Å². The Labute approximate surface area is 162 Å². The van der Waals surface area contributed by atoms with Crippen molar-refractivity contribution in [2.75, 3.05) is 10.6 Å². The summed E-state index contributed by atoms with van der Waals surface area (Å²) in [7, 11) is 0. The van der Waals surface area contributed by atoms with E-state index >= 15 is 0 Å². The number of amides is 1. The lowest BCUT2D eigenvalue weighted by atomic mass is 10.1. The zero-order chi connectivity index (χ0) is 20.3. The van der Waals surface area contributed by atoms with E-state index in [1.807, 2.05) is 26.0 Å². The molecule has 0 bridgehead atoms. The fraction of sp³-hybridized carbons (Fsp3) is 0.150. The number of H-pyrrole nitrogens is 1. The molecular weight excluding hydrogens is 356 g/mol. The van der Waals surface area contributed by atoms with Crippen LogP contribution in [0.4, 0.5) is 17.3 Å². The zero-order valence-electron chi connectivity index (χ0n) is 15.5. The predicted octanol–water partition coefficient (Wildman–Crippen LogP) is 3.06. The Hall–Kier alpha value is -3.99. The number of rotatable bonds is 6. The molecule has 0 aliphatic heterocycles. The van der Waals surface area contributed by atoms with Gasteiger partial charge in [0.15, 0.2) is 5.82 Å². The minimum Gasteiger partial charge on any atom is -0.507 e. The van der Waals surface area contributed by atoms with Crippen molar-refractivity contribution in [1.82, 2.24) is 10.2 Å². The number of aromatic hydroxyl groups is 1. The van der Waals surface area contributed by atoms with Gasteiger partial charge in [-0.05, 0) is 48.7 Å². The molecule has 0 aliphatic rings. The Morgan fingerprint density at radius 3 is 2.64 bits per heavy atom. The second-order valence-corrected chi connectivity index (χ2v) is 6.44. The molecule has 1 heterocycles. The average molecular weight is 376 g/mol. The number of nitrogens with zero attached hydrogens (tertiary/aromatic N) is 2. The molecule has 1 amide bonds. The molecule has 8 heteroatoms. The summed E-state index contributed by atoms with van der Waals surface area (Å²) < 4.78 is 0. The maximum absolute atomic E-state index is 12.0. The second kappa shape index (κ2) is 7.72. The number of primary amides is 1. The number of hydrogen-bond donors (Lipinski definition) is 5. The van der Waals surface area contributed by atoms with E-state index in [0.717, 1.165) is 16.7 Å². The first kappa shape index (κ1) is 18.8. The fourth-order valence-electron chi connectivity index (χ4n) is 2.94. The highest BCUT2D eigenvalue weighted by atomic mass is 16.3. The van der Waals surface area contributed by atoms with Crippen molar-refractivity contribution < 1.29 is 9.90 Å². The summed E-state index contributed by atoms with van der Waals surface area (Å²) in [6.45, 7) is 4.05. The molecule has 28 heavy (non-hydrogen) atoms. The molecule has 0 aliphatic carbocycles. The van der Waals surface area contributed by atoms with Crippen molar-refractivity contribution in [3.63, 3.8) is 0 Å². The molecular formula is C20H20N6O2. The van der Waals surface area contributed by atoms with Crippen molar-refractivity contribution in [1.29, 1.82) is 5.26 Å². The monoisotopic (exact) mass is 376 g/mol. The summed E-state index contributed by atoms with van der Waals surface area (Å²) in [6.07, 6.45) is 0. The summed E-state index contributed by atoms with van der Waals surface area (Å²) in [5.41, 5.74) is 9.32. The van der Waals surface area contributed by atoms with E-state index in [2.05, 4.69) is 26.9 Å². The van der Waals surface area contributed by atoms with Crippen molar-refractivity contribution in [2.24, 2.45) is 5.73 Å². The SMILES string of the molecule is Cc1cc(CNc2n[nH]c(Nc3cccc(C#N)c3)c2C(N)=O)cc(C)c1O. The van der Waals surface area contributed by atoms with E-state index in [1.165, 1.54) is 0 Å². The number of phenolic OH excluding ortho intramolecular Hbond substituents is 1. The van der Waals surface area contributed by atoms with Crippen LogP contribution < -0.4 is 16.4 Å². The maximum atomic E-state index is 12.0. The lowest BCUT2D eigenvalue weighted by Gasteiger charge is -2.10. The van der Waals surface area contributed by atoms with Gasteiger partial charge < -0.3 is 21.5 Å². The first-order chi connectivity index (χ1) is 13.4. The number of aromatic amines is 1. The molecule has 2 aromatic carbocycles. The van der Waals surface area contributed by atoms with Gasteiger partial charge in [0, 0.05) is 12.2 Å². The topological polar surface area (TPSA) is 140 Å². The Kier molecular flexibility index (Phi) is 5.18. The zero-order valence-corrected chi connectivity index (χ0v) is 15.5. The summed E-state index contributed by atoms with van der Waals surface area (Å²) >= 11 is 0. The number of aromatic nitrogens is 2. The third kappa shape index (κ3) is 3.88. The second-order valence-electron chi connectivity index (χ2n) is 6.44. The van der Waals surface area contributed by atoms with E-state index in [1.54, 1.807) is 24.3 Å². The molecule has 0 fully saturated rings. The molecule has 0 saturated heterocycles. The number of hydrogen-bond acceptors (Lipinski definition) is 6. The van der Waals surface area contributed by atoms with Crippen molar-refractivity contribution in [2.45, 2.75) is 20.4 Å². The number of carbonyl (C=O) groups excluding carboxylic acids is 1. The molecule has 0 saturated carbocycles. The summed E-state index contributed by atoms with van der Waals surface area (Å²) in [5.74, 6) is 0.277. The van der Waals surface area contributed by atoms with Crippen molar-refractivity contribution in [3.05, 3.63) is 64.2 Å². The van der Waals surface area contributed by atoms with Gasteiger partial charge in [0.25, 0.3) is 5.91 Å². The minimum atomic E-state index is -0.645. The molecule has 0 atom stereocenters. The summed E-state index contributed by atoms with van der Waals surface area (Å²) in [6, 6.07) is 12.6. The third-order valence-electron chi connectivity index (χ3n) is 4.28. The fourth-order valence-corrected chi connectivity index (χ4v) is 2.94. The first-order valence-corrected chi connectivity index (χ1v) is 8.57. The van der Waals surface area contributed by atoms with Gasteiger partial charge in [-0.1, -0.05) is 18.2 Å². The number of benzene rings is 2. The molecule has 1 aromatic heterocycles. The number of nitriles is 1. The lowest BCUT2D eigenvalue weighted by Crippen LogP contribution is -2.15. The standard InChI is InChI=1S/C20H20N6O2/c1-11-6-14(7-12(2)17(11)27)10-23-19-16(18(22)28)20(26-25-19)24-15-5-3-4-13(8-15)9-21/h3-8,27H,10H2,1-2H3,(H2,22,28)(H3,23,24,25,26). The van der Waals surface area contributed by atoms with E-state index in [4.69, 9.17) is 11.0 Å². The van der Waals surface area contributed by atoms with E-state index in [9.17, 15) is 9.90 Å². The van der Waals surface area contributed by atoms with Crippen LogP contribution in [0.15, 0.2) is 36.4 Å². The quantitative estimate of drug-likeness (QED) is 0.448. The van der Waals surface area contributed by atoms with Crippen molar-refractivity contribution in [3.8, 4) is 11.8 Å². The molecule has 142 valence electrons. The van der Waals surface area contributed by atoms with Crippen LogP contribution in [-0.4, -0.2) is 21.2 Å². The summed E-state index contributed by atoms with van der Waals surface area (Å²) in [4.78, 5) is 12.0. The Balaban J connectivity index is 1.83. The molecule has 0 radical (unpaired) electrons. The number of aryl methyl sites for hydroxylation is 2. The summed E-state index contributed by atoms with van der Waals surface area (Å²) in [5, 5.41) is 31.9. The number of phenols is 1. The Bertz CT molecular complexity index is 1060. The van der Waals surface area contributed by atoms with Crippen LogP contribution in [0.1, 0.15) is 32.6 Å². The molecule has 0 unspecified atom stereocenters. The van der Waals surface area contributed by atoms with E-state index in [-0.39, 0.29) is 11.3 Å². The van der Waals surface area contributed by atoms with Crippen LogP contribution in [0.3, 0.4) is 0 Å². The largest absolute Gasteiger partial charge is 0.507 e. The number of carbonyl (C=O) groups is 1. The number of nitrogens with two attached hydrogens (primary N) is 1. The highest BCUT2D eigenvalue weighted by molar-refractivity contribution is 6.03. The number of nitrogens with one attached hydrogen (secondary N) is 3. The minimum absolute atomic E-state index is 0.189. The maximum Gasteiger partial charge on any atom is 0.256 e. The van der Waals surface area contributed by atoms with E-state index < -0.39 is 5.91 Å². The van der Waals surface area contributed by atoms with Crippen LogP contribution in [0.2, 0.25) is 0 Å². The van der Waals surface area contributed by atoms with Gasteiger partial charge in [-0.25, -0.2) is 0 Å². The van der Waals surface area contributed by atoms with Crippen molar-refractivity contribution >= 4 is 23.2 Å². The van der Waals surface area contributed by atoms with Crippen LogP contribution in [0.25, 0.3) is 0 Å². The lowest BCUT2D eigenvalue weighted by molar-refractivity contribution is 0.100. The molecule has 3 aromatic rings. The Morgan fingerprint density at radius 2 is 2.00 bits per heavy atom. The smallest absolute Gasteiger partial charge is 0.256 e. The number of anilines is 3. The average Bonchev–Trinajstić information content (AvgIpc) is 3.07.